The van der Waals surface area contributed by atoms with Gasteiger partial charge in [0.1, 0.15) is 5.82 Å². The summed E-state index contributed by atoms with van der Waals surface area (Å²) in [4.78, 5) is 6.72. The molecule has 1 unspecified atom stereocenters. The molecule has 0 aliphatic carbocycles. The Labute approximate surface area is 108 Å². The van der Waals surface area contributed by atoms with E-state index in [1.165, 1.54) is 19.4 Å². The molecule has 94 valence electrons. The van der Waals surface area contributed by atoms with E-state index in [2.05, 4.69) is 22.1 Å². The topological polar surface area (TPSA) is 28.2 Å². The molecule has 0 saturated carbocycles. The second kappa shape index (κ2) is 6.22. The molecular weight excluding hydrogens is 234 g/mol. The highest BCUT2D eigenvalue weighted by molar-refractivity contribution is 6.30. The van der Waals surface area contributed by atoms with Crippen molar-refractivity contribution in [3.05, 3.63) is 23.4 Å². The third-order valence-corrected chi connectivity index (χ3v) is 3.52. The van der Waals surface area contributed by atoms with Gasteiger partial charge in [0.15, 0.2) is 0 Å². The van der Waals surface area contributed by atoms with Gasteiger partial charge in [-0.3, -0.25) is 0 Å². The molecule has 1 fully saturated rings. The third kappa shape index (κ3) is 3.58. The van der Waals surface area contributed by atoms with Crippen molar-refractivity contribution < 1.29 is 0 Å². The number of piperidine rings is 1. The molecule has 0 radical (unpaired) electrons. The average molecular weight is 254 g/mol. The maximum absolute atomic E-state index is 5.86. The lowest BCUT2D eigenvalue weighted by molar-refractivity contribution is 0.377. The van der Waals surface area contributed by atoms with Gasteiger partial charge in [0.05, 0.1) is 5.02 Å². The Morgan fingerprint density at radius 2 is 2.41 bits per heavy atom. The zero-order valence-electron chi connectivity index (χ0n) is 10.3. The minimum atomic E-state index is 0.698. The van der Waals surface area contributed by atoms with Gasteiger partial charge < -0.3 is 10.2 Å². The SMILES string of the molecule is CCN(CC1CCCNC1)c1ccc(Cl)cn1. The Morgan fingerprint density at radius 3 is 3.00 bits per heavy atom. The van der Waals surface area contributed by atoms with E-state index in [0.717, 1.165) is 31.4 Å². The zero-order chi connectivity index (χ0) is 12.1. The van der Waals surface area contributed by atoms with Gasteiger partial charge >= 0.3 is 0 Å². The summed E-state index contributed by atoms with van der Waals surface area (Å²) in [5.41, 5.74) is 0. The molecule has 0 bridgehead atoms. The summed E-state index contributed by atoms with van der Waals surface area (Å²) in [5.74, 6) is 1.77. The average Bonchev–Trinajstić information content (AvgIpc) is 2.38. The van der Waals surface area contributed by atoms with Crippen LogP contribution in [0, 0.1) is 5.92 Å². The van der Waals surface area contributed by atoms with Gasteiger partial charge in [-0.1, -0.05) is 11.6 Å². The molecule has 1 aliphatic rings. The highest BCUT2D eigenvalue weighted by Gasteiger charge is 2.16. The van der Waals surface area contributed by atoms with Crippen molar-refractivity contribution in [2.75, 3.05) is 31.1 Å². The number of hydrogen-bond donors (Lipinski definition) is 1. The van der Waals surface area contributed by atoms with Crippen LogP contribution in [0.25, 0.3) is 0 Å². The van der Waals surface area contributed by atoms with E-state index >= 15 is 0 Å². The Balaban J connectivity index is 1.97. The lowest BCUT2D eigenvalue weighted by atomic mass is 9.99. The fraction of sp³-hybridized carbons (Fsp3) is 0.615. The number of aromatic nitrogens is 1. The number of rotatable bonds is 4. The summed E-state index contributed by atoms with van der Waals surface area (Å²) in [7, 11) is 0. The second-order valence-electron chi connectivity index (χ2n) is 4.59. The smallest absolute Gasteiger partial charge is 0.128 e. The maximum atomic E-state index is 5.86. The molecule has 2 rings (SSSR count). The van der Waals surface area contributed by atoms with Crippen LogP contribution in [0.1, 0.15) is 19.8 Å². The summed E-state index contributed by atoms with van der Waals surface area (Å²) in [6.45, 7) is 6.54. The van der Waals surface area contributed by atoms with Gasteiger partial charge in [-0.15, -0.1) is 0 Å². The van der Waals surface area contributed by atoms with Crippen molar-refractivity contribution in [2.24, 2.45) is 5.92 Å². The third-order valence-electron chi connectivity index (χ3n) is 3.30. The van der Waals surface area contributed by atoms with Gasteiger partial charge in [0.25, 0.3) is 0 Å². The monoisotopic (exact) mass is 253 g/mol. The Bertz CT molecular complexity index is 333. The van der Waals surface area contributed by atoms with Crippen molar-refractivity contribution in [2.45, 2.75) is 19.8 Å². The van der Waals surface area contributed by atoms with Crippen molar-refractivity contribution in [1.29, 1.82) is 0 Å². The van der Waals surface area contributed by atoms with Gasteiger partial charge in [0.2, 0.25) is 0 Å². The van der Waals surface area contributed by atoms with Gasteiger partial charge in [-0.25, -0.2) is 4.98 Å². The molecule has 1 aromatic rings. The van der Waals surface area contributed by atoms with E-state index in [-0.39, 0.29) is 0 Å². The van der Waals surface area contributed by atoms with Crippen LogP contribution in [0.3, 0.4) is 0 Å². The lowest BCUT2D eigenvalue weighted by Gasteiger charge is -2.30. The molecule has 0 amide bonds. The summed E-state index contributed by atoms with van der Waals surface area (Å²) in [6.07, 6.45) is 4.33. The van der Waals surface area contributed by atoms with E-state index < -0.39 is 0 Å². The normalized spacial score (nSPS) is 20.2. The summed E-state index contributed by atoms with van der Waals surface area (Å²) < 4.78 is 0. The lowest BCUT2D eigenvalue weighted by Crippen LogP contribution is -2.38. The number of nitrogens with one attached hydrogen (secondary N) is 1. The first-order valence-corrected chi connectivity index (χ1v) is 6.74. The minimum absolute atomic E-state index is 0.698. The molecule has 1 aromatic heterocycles. The number of pyridine rings is 1. The van der Waals surface area contributed by atoms with Crippen LogP contribution in [0.5, 0.6) is 0 Å². The van der Waals surface area contributed by atoms with Crippen LogP contribution < -0.4 is 10.2 Å². The Kier molecular flexibility index (Phi) is 4.63. The highest BCUT2D eigenvalue weighted by Crippen LogP contribution is 2.18. The molecule has 1 N–H and O–H groups in total. The van der Waals surface area contributed by atoms with Crippen LogP contribution in [0.15, 0.2) is 18.3 Å². The minimum Gasteiger partial charge on any atom is -0.357 e. The second-order valence-corrected chi connectivity index (χ2v) is 5.02. The van der Waals surface area contributed by atoms with Crippen molar-refractivity contribution >= 4 is 17.4 Å². The molecule has 17 heavy (non-hydrogen) atoms. The van der Waals surface area contributed by atoms with Crippen molar-refractivity contribution in [3.63, 3.8) is 0 Å². The van der Waals surface area contributed by atoms with Crippen molar-refractivity contribution in [3.8, 4) is 0 Å². The Hall–Kier alpha value is -0.800. The number of anilines is 1. The Morgan fingerprint density at radius 1 is 1.53 bits per heavy atom. The van der Waals surface area contributed by atoms with Crippen LogP contribution in [0.4, 0.5) is 5.82 Å². The van der Waals surface area contributed by atoms with Gasteiger partial charge in [0, 0.05) is 19.3 Å². The van der Waals surface area contributed by atoms with Crippen LogP contribution >= 0.6 is 11.6 Å². The predicted molar refractivity (Wildman–Crippen MR) is 72.7 cm³/mol. The van der Waals surface area contributed by atoms with Gasteiger partial charge in [-0.2, -0.15) is 0 Å². The van der Waals surface area contributed by atoms with E-state index in [1.807, 2.05) is 12.1 Å². The van der Waals surface area contributed by atoms with Crippen LogP contribution in [0.2, 0.25) is 5.02 Å². The first-order chi connectivity index (χ1) is 8.29. The van der Waals surface area contributed by atoms with E-state index in [9.17, 15) is 0 Å². The highest BCUT2D eigenvalue weighted by atomic mass is 35.5. The quantitative estimate of drug-likeness (QED) is 0.894. The summed E-state index contributed by atoms with van der Waals surface area (Å²) >= 11 is 5.86. The largest absolute Gasteiger partial charge is 0.357 e. The predicted octanol–water partition coefficient (Wildman–Crippen LogP) is 2.56. The molecule has 1 saturated heterocycles. The van der Waals surface area contributed by atoms with E-state index in [4.69, 9.17) is 11.6 Å². The molecule has 0 spiro atoms. The zero-order valence-corrected chi connectivity index (χ0v) is 11.1. The van der Waals surface area contributed by atoms with Crippen molar-refractivity contribution in [1.82, 2.24) is 10.3 Å². The molecule has 1 atom stereocenters. The number of nitrogens with zero attached hydrogens (tertiary/aromatic N) is 2. The standard InChI is InChI=1S/C13H20ClN3/c1-2-17(10-11-4-3-7-15-8-11)13-6-5-12(14)9-16-13/h5-6,9,11,15H,2-4,7-8,10H2,1H3. The van der Waals surface area contributed by atoms with E-state index in [1.54, 1.807) is 6.20 Å². The molecule has 1 aliphatic heterocycles. The number of hydrogen-bond acceptors (Lipinski definition) is 3. The first-order valence-electron chi connectivity index (χ1n) is 6.37. The summed E-state index contributed by atoms with van der Waals surface area (Å²) in [6, 6.07) is 3.91. The molecule has 2 heterocycles. The molecule has 3 nitrogen and oxygen atoms in total. The fourth-order valence-corrected chi connectivity index (χ4v) is 2.44. The van der Waals surface area contributed by atoms with Crippen LogP contribution in [-0.4, -0.2) is 31.2 Å². The molecular formula is C13H20ClN3. The maximum Gasteiger partial charge on any atom is 0.128 e. The van der Waals surface area contributed by atoms with Gasteiger partial charge in [-0.05, 0) is 50.9 Å². The molecule has 4 heteroatoms. The number of halogens is 1. The van der Waals surface area contributed by atoms with Crippen LogP contribution in [-0.2, 0) is 0 Å². The van der Waals surface area contributed by atoms with E-state index in [0.29, 0.717) is 5.02 Å². The fourth-order valence-electron chi connectivity index (χ4n) is 2.33. The first kappa shape index (κ1) is 12.7. The molecule has 0 aromatic carbocycles. The summed E-state index contributed by atoms with van der Waals surface area (Å²) in [5, 5.41) is 4.15.